The Bertz CT molecular complexity index is 506. The van der Waals surface area contributed by atoms with Crippen molar-refractivity contribution in [3.8, 4) is 5.75 Å². The minimum absolute atomic E-state index is 0.200. The number of esters is 1. The van der Waals surface area contributed by atoms with E-state index in [1.807, 2.05) is 13.8 Å². The lowest BCUT2D eigenvalue weighted by atomic mass is 10.0. The molecule has 3 atom stereocenters. The molecule has 0 radical (unpaired) electrons. The summed E-state index contributed by atoms with van der Waals surface area (Å²) in [4.78, 5) is 11.6. The third kappa shape index (κ3) is 5.60. The number of ether oxygens (including phenoxy) is 2. The average Bonchev–Trinajstić information content (AvgIpc) is 2.41. The number of hydrogen-bond acceptors (Lipinski definition) is 4. The van der Waals surface area contributed by atoms with Crippen LogP contribution in [0.25, 0.3) is 0 Å². The Kier molecular flexibility index (Phi) is 6.74. The van der Waals surface area contributed by atoms with Gasteiger partial charge in [0.25, 0.3) is 0 Å². The highest BCUT2D eigenvalue weighted by molar-refractivity contribution is 5.75. The summed E-state index contributed by atoms with van der Waals surface area (Å²) in [6, 6.07) is 2.23. The Morgan fingerprint density at radius 2 is 1.86 bits per heavy atom. The van der Waals surface area contributed by atoms with E-state index in [2.05, 4.69) is 0 Å². The molecule has 0 aliphatic heterocycles. The van der Waals surface area contributed by atoms with Crippen LogP contribution in [0.2, 0.25) is 0 Å². The quantitative estimate of drug-likeness (QED) is 0.786. The molecule has 0 fully saturated rings. The highest BCUT2D eigenvalue weighted by Crippen LogP contribution is 2.23. The minimum Gasteiger partial charge on any atom is -0.483 e. The molecule has 6 heteroatoms. The second-order valence-corrected chi connectivity index (χ2v) is 5.79. The van der Waals surface area contributed by atoms with Crippen LogP contribution < -0.4 is 10.5 Å². The van der Waals surface area contributed by atoms with E-state index in [9.17, 15) is 13.6 Å². The van der Waals surface area contributed by atoms with Gasteiger partial charge in [0.1, 0.15) is 24.1 Å². The number of benzene rings is 1. The zero-order valence-corrected chi connectivity index (χ0v) is 13.3. The maximum absolute atomic E-state index is 13.7. The van der Waals surface area contributed by atoms with Crippen molar-refractivity contribution in [3.63, 3.8) is 0 Å². The minimum atomic E-state index is -0.756. The zero-order valence-electron chi connectivity index (χ0n) is 13.3. The third-order valence-corrected chi connectivity index (χ3v) is 3.07. The lowest BCUT2D eigenvalue weighted by Gasteiger charge is -2.27. The van der Waals surface area contributed by atoms with E-state index in [1.165, 1.54) is 6.92 Å². The maximum Gasteiger partial charge on any atom is 0.323 e. The van der Waals surface area contributed by atoms with Crippen molar-refractivity contribution in [3.05, 3.63) is 29.8 Å². The van der Waals surface area contributed by atoms with E-state index in [-0.39, 0.29) is 11.7 Å². The fourth-order valence-corrected chi connectivity index (χ4v) is 1.90. The van der Waals surface area contributed by atoms with Gasteiger partial charge in [-0.3, -0.25) is 4.79 Å². The molecule has 0 aliphatic carbocycles. The summed E-state index contributed by atoms with van der Waals surface area (Å²) in [5.74, 6) is -1.81. The first-order chi connectivity index (χ1) is 10.2. The van der Waals surface area contributed by atoms with E-state index in [0.29, 0.717) is 6.42 Å². The Morgan fingerprint density at radius 3 is 2.41 bits per heavy atom. The molecular formula is C16H23F2NO3. The van der Waals surface area contributed by atoms with Gasteiger partial charge in [0.2, 0.25) is 0 Å². The molecular weight excluding hydrogens is 292 g/mol. The molecule has 0 aromatic heterocycles. The highest BCUT2D eigenvalue weighted by Gasteiger charge is 2.26. The predicted molar refractivity (Wildman–Crippen MR) is 79.4 cm³/mol. The molecule has 0 saturated heterocycles. The number of hydrogen-bond donors (Lipinski definition) is 1. The first-order valence-corrected chi connectivity index (χ1v) is 7.28. The molecule has 4 nitrogen and oxygen atoms in total. The molecule has 124 valence electrons. The molecule has 0 saturated carbocycles. The van der Waals surface area contributed by atoms with Crippen molar-refractivity contribution in [2.75, 3.05) is 0 Å². The summed E-state index contributed by atoms with van der Waals surface area (Å²) in [6.45, 7) is 7.07. The fraction of sp³-hybridized carbons (Fsp3) is 0.562. The van der Waals surface area contributed by atoms with E-state index in [1.54, 1.807) is 6.92 Å². The second kappa shape index (κ2) is 8.08. The molecule has 2 N–H and O–H groups in total. The molecule has 1 aromatic carbocycles. The molecule has 0 amide bonds. The summed E-state index contributed by atoms with van der Waals surface area (Å²) in [7, 11) is 0. The Morgan fingerprint density at radius 1 is 1.23 bits per heavy atom. The normalized spacial score (nSPS) is 15.3. The van der Waals surface area contributed by atoms with Crippen molar-refractivity contribution in [2.24, 2.45) is 11.7 Å². The first kappa shape index (κ1) is 18.4. The largest absolute Gasteiger partial charge is 0.483 e. The fourth-order valence-electron chi connectivity index (χ4n) is 1.90. The predicted octanol–water partition coefficient (Wildman–Crippen LogP) is 3.04. The summed E-state index contributed by atoms with van der Waals surface area (Å²) < 4.78 is 37.7. The molecule has 0 unspecified atom stereocenters. The van der Waals surface area contributed by atoms with Gasteiger partial charge in [-0.25, -0.2) is 8.78 Å². The lowest BCUT2D eigenvalue weighted by Crippen LogP contribution is -2.39. The van der Waals surface area contributed by atoms with Crippen LogP contribution in [0.3, 0.4) is 0 Å². The Balaban J connectivity index is 2.88. The van der Waals surface area contributed by atoms with Crippen LogP contribution in [-0.4, -0.2) is 24.2 Å². The number of halogens is 2. The molecule has 22 heavy (non-hydrogen) atoms. The van der Waals surface area contributed by atoms with E-state index < -0.39 is 35.9 Å². The van der Waals surface area contributed by atoms with Crippen LogP contribution in [0, 0.1) is 17.6 Å². The van der Waals surface area contributed by atoms with Crippen molar-refractivity contribution in [1.29, 1.82) is 0 Å². The van der Waals surface area contributed by atoms with Gasteiger partial charge in [-0.2, -0.15) is 0 Å². The molecule has 0 aliphatic rings. The molecule has 0 spiro atoms. The topological polar surface area (TPSA) is 61.5 Å². The lowest BCUT2D eigenvalue weighted by molar-refractivity contribution is -0.154. The van der Waals surface area contributed by atoms with Gasteiger partial charge >= 0.3 is 5.97 Å². The zero-order chi connectivity index (χ0) is 16.9. The smallest absolute Gasteiger partial charge is 0.323 e. The summed E-state index contributed by atoms with van der Waals surface area (Å²) in [5.41, 5.74) is 5.46. The molecule has 0 heterocycles. The summed E-state index contributed by atoms with van der Waals surface area (Å²) >= 11 is 0. The van der Waals surface area contributed by atoms with Crippen molar-refractivity contribution < 1.29 is 23.0 Å². The standard InChI is InChI=1S/C16H23F2NO3/c1-9(2)7-14(11(4)21-16(20)10(3)19)22-15-8-12(17)5-6-13(15)18/h5-6,8-11,14H,7,19H2,1-4H3/t10-,11-,14+/m0/s1. The first-order valence-electron chi connectivity index (χ1n) is 7.28. The summed E-state index contributed by atoms with van der Waals surface area (Å²) in [5, 5.41) is 0. The van der Waals surface area contributed by atoms with Gasteiger partial charge in [-0.15, -0.1) is 0 Å². The van der Waals surface area contributed by atoms with Crippen LogP contribution in [0.5, 0.6) is 5.75 Å². The van der Waals surface area contributed by atoms with Crippen LogP contribution in [0.15, 0.2) is 18.2 Å². The summed E-state index contributed by atoms with van der Waals surface area (Å²) in [6.07, 6.45) is -0.717. The van der Waals surface area contributed by atoms with Crippen LogP contribution in [0.4, 0.5) is 8.78 Å². The highest BCUT2D eigenvalue weighted by atomic mass is 19.1. The molecule has 1 rings (SSSR count). The van der Waals surface area contributed by atoms with Crippen LogP contribution in [0.1, 0.15) is 34.1 Å². The van der Waals surface area contributed by atoms with Gasteiger partial charge in [-0.05, 0) is 38.3 Å². The molecule has 0 bridgehead atoms. The average molecular weight is 315 g/mol. The van der Waals surface area contributed by atoms with E-state index in [0.717, 1.165) is 18.2 Å². The van der Waals surface area contributed by atoms with Crippen molar-refractivity contribution >= 4 is 5.97 Å². The number of rotatable bonds is 7. The van der Waals surface area contributed by atoms with E-state index >= 15 is 0 Å². The second-order valence-electron chi connectivity index (χ2n) is 5.79. The monoisotopic (exact) mass is 315 g/mol. The van der Waals surface area contributed by atoms with Crippen LogP contribution >= 0.6 is 0 Å². The third-order valence-electron chi connectivity index (χ3n) is 3.07. The van der Waals surface area contributed by atoms with Gasteiger partial charge < -0.3 is 15.2 Å². The van der Waals surface area contributed by atoms with Crippen molar-refractivity contribution in [1.82, 2.24) is 0 Å². The van der Waals surface area contributed by atoms with E-state index in [4.69, 9.17) is 15.2 Å². The van der Waals surface area contributed by atoms with Gasteiger partial charge in [0.05, 0.1) is 0 Å². The Hall–Kier alpha value is -1.69. The maximum atomic E-state index is 13.7. The van der Waals surface area contributed by atoms with Gasteiger partial charge in [-0.1, -0.05) is 13.8 Å². The van der Waals surface area contributed by atoms with Crippen molar-refractivity contribution in [2.45, 2.75) is 52.4 Å². The number of carbonyl (C=O) groups excluding carboxylic acids is 1. The Labute approximate surface area is 129 Å². The van der Waals surface area contributed by atoms with Crippen LogP contribution in [-0.2, 0) is 9.53 Å². The number of carbonyl (C=O) groups is 1. The molecule has 1 aromatic rings. The van der Waals surface area contributed by atoms with Gasteiger partial charge in [0, 0.05) is 6.07 Å². The SMILES string of the molecule is CC(C)C[C@@H](Oc1cc(F)ccc1F)[C@H](C)OC(=O)[C@H](C)N. The number of nitrogens with two attached hydrogens (primary N) is 1. The van der Waals surface area contributed by atoms with Gasteiger partial charge in [0.15, 0.2) is 11.6 Å².